The first-order chi connectivity index (χ1) is 9.47. The molecule has 2 atom stereocenters. The van der Waals surface area contributed by atoms with E-state index in [9.17, 15) is 44.7 Å². The summed E-state index contributed by atoms with van der Waals surface area (Å²) in [6, 6.07) is 0. The predicted octanol–water partition coefficient (Wildman–Crippen LogP) is 1.80. The van der Waals surface area contributed by atoms with Crippen molar-refractivity contribution in [2.24, 2.45) is 0 Å². The molecule has 0 fully saturated rings. The van der Waals surface area contributed by atoms with Crippen LogP contribution in [0.3, 0.4) is 0 Å². The van der Waals surface area contributed by atoms with Crippen LogP contribution in [-0.2, 0) is 23.8 Å². The summed E-state index contributed by atoms with van der Waals surface area (Å²) in [6.07, 6.45) is -11.2. The zero-order valence-corrected chi connectivity index (χ0v) is 9.58. The van der Waals surface area contributed by atoms with Gasteiger partial charge in [-0.1, -0.05) is 0 Å². The second-order valence-corrected chi connectivity index (χ2v) is 3.14. The molecule has 0 aliphatic heterocycles. The molecule has 0 saturated carbocycles. The Balaban J connectivity index is 4.31. The van der Waals surface area contributed by atoms with Crippen molar-refractivity contribution in [1.82, 2.24) is 0 Å². The lowest BCUT2D eigenvalue weighted by atomic mass is 10.4. The zero-order valence-electron chi connectivity index (χ0n) is 9.58. The van der Waals surface area contributed by atoms with E-state index in [2.05, 4.69) is 14.2 Å². The molecule has 0 bridgehead atoms. The Hall–Kier alpha value is -1.66. The second kappa shape index (κ2) is 7.95. The van der Waals surface area contributed by atoms with Gasteiger partial charge in [0.1, 0.15) is 6.61 Å². The van der Waals surface area contributed by atoms with Gasteiger partial charge in [-0.15, -0.1) is 0 Å². The van der Waals surface area contributed by atoms with Crippen LogP contribution in [0.5, 0.6) is 0 Å². The number of esters is 2. The van der Waals surface area contributed by atoms with Crippen LogP contribution >= 0.6 is 0 Å². The van der Waals surface area contributed by atoms with Crippen LogP contribution in [-0.4, -0.2) is 50.2 Å². The van der Waals surface area contributed by atoms with Crippen LogP contribution in [0.2, 0.25) is 0 Å². The minimum absolute atomic E-state index is 2.25. The molecular formula is C8H6F8O5. The van der Waals surface area contributed by atoms with Gasteiger partial charge in [-0.2, -0.15) is 22.0 Å². The lowest BCUT2D eigenvalue weighted by Crippen LogP contribution is -2.37. The van der Waals surface area contributed by atoms with Crippen LogP contribution in [0.15, 0.2) is 0 Å². The number of carbonyl (C=O) groups excluding carboxylic acids is 2. The van der Waals surface area contributed by atoms with E-state index in [-0.39, 0.29) is 0 Å². The van der Waals surface area contributed by atoms with Gasteiger partial charge in [0, 0.05) is 0 Å². The van der Waals surface area contributed by atoms with E-state index in [1.54, 1.807) is 0 Å². The minimum Gasteiger partial charge on any atom is -0.416 e. The molecule has 0 N–H and O–H groups in total. The van der Waals surface area contributed by atoms with Gasteiger partial charge in [0.25, 0.3) is 6.36 Å². The molecule has 21 heavy (non-hydrogen) atoms. The summed E-state index contributed by atoms with van der Waals surface area (Å²) in [7, 11) is 0. The van der Waals surface area contributed by atoms with Crippen molar-refractivity contribution in [3.63, 3.8) is 0 Å². The molecule has 0 saturated heterocycles. The average molecular weight is 334 g/mol. The highest BCUT2D eigenvalue weighted by atomic mass is 19.3. The summed E-state index contributed by atoms with van der Waals surface area (Å²) in [5, 5.41) is 0. The highest BCUT2D eigenvalue weighted by molar-refractivity contribution is 5.79. The number of ether oxygens (including phenoxy) is 3. The van der Waals surface area contributed by atoms with Crippen LogP contribution < -0.4 is 0 Å². The van der Waals surface area contributed by atoms with Gasteiger partial charge in [0.2, 0.25) is 0 Å². The maximum Gasteiger partial charge on any atom is 0.389 e. The van der Waals surface area contributed by atoms with E-state index in [0.717, 1.165) is 0 Å². The molecule has 0 amide bonds. The largest absolute Gasteiger partial charge is 0.416 e. The molecule has 0 radical (unpaired) electrons. The molecule has 0 aromatic rings. The van der Waals surface area contributed by atoms with E-state index in [4.69, 9.17) is 0 Å². The summed E-state index contributed by atoms with van der Waals surface area (Å²) in [4.78, 5) is 21.0. The summed E-state index contributed by atoms with van der Waals surface area (Å²) < 4.78 is 106. The Morgan fingerprint density at radius 1 is 0.857 bits per heavy atom. The summed E-state index contributed by atoms with van der Waals surface area (Å²) in [5.41, 5.74) is 0. The number of halogens is 8. The van der Waals surface area contributed by atoms with Crippen molar-refractivity contribution in [2.75, 3.05) is 6.61 Å². The SMILES string of the molecule is O=C(OC(F)C(=O)OC(F)F)C(F)OCC(F)(F)C(F)F. The third kappa shape index (κ3) is 7.06. The normalized spacial score (nSPS) is 15.0. The van der Waals surface area contributed by atoms with Crippen molar-refractivity contribution >= 4 is 11.9 Å². The minimum atomic E-state index is -4.80. The van der Waals surface area contributed by atoms with Crippen molar-refractivity contribution in [2.45, 2.75) is 31.7 Å². The fourth-order valence-electron chi connectivity index (χ4n) is 0.660. The molecule has 0 heterocycles. The van der Waals surface area contributed by atoms with Gasteiger partial charge in [-0.25, -0.2) is 22.8 Å². The molecule has 0 aliphatic carbocycles. The smallest absolute Gasteiger partial charge is 0.389 e. The average Bonchev–Trinajstić information content (AvgIpc) is 2.34. The molecule has 0 aromatic carbocycles. The van der Waals surface area contributed by atoms with Crippen molar-refractivity contribution in [1.29, 1.82) is 0 Å². The third-order valence-corrected chi connectivity index (χ3v) is 1.54. The van der Waals surface area contributed by atoms with Crippen LogP contribution in [0, 0.1) is 0 Å². The number of hydrogen-bond acceptors (Lipinski definition) is 5. The Bertz CT molecular complexity index is 363. The Kier molecular flexibility index (Phi) is 7.32. The van der Waals surface area contributed by atoms with E-state index in [1.807, 2.05) is 0 Å². The molecule has 13 heteroatoms. The van der Waals surface area contributed by atoms with E-state index >= 15 is 0 Å². The Morgan fingerprint density at radius 2 is 1.33 bits per heavy atom. The lowest BCUT2D eigenvalue weighted by Gasteiger charge is -2.17. The number of carbonyl (C=O) groups is 2. The molecule has 5 nitrogen and oxygen atoms in total. The van der Waals surface area contributed by atoms with Gasteiger partial charge < -0.3 is 14.2 Å². The van der Waals surface area contributed by atoms with Crippen molar-refractivity contribution < 1.29 is 58.9 Å². The standard InChI is InChI=1S/C8H6F8O5/c9-2(19-1-8(15,16)6(11)12)4(17)20-3(10)5(18)21-7(13)14/h2-3,6-7H,1H2. The first-order valence-electron chi connectivity index (χ1n) is 4.72. The molecule has 124 valence electrons. The van der Waals surface area contributed by atoms with Gasteiger partial charge in [0.15, 0.2) is 0 Å². The number of rotatable bonds is 8. The van der Waals surface area contributed by atoms with Gasteiger partial charge >= 0.3 is 37.3 Å². The summed E-state index contributed by atoms with van der Waals surface area (Å²) >= 11 is 0. The zero-order chi connectivity index (χ0) is 16.8. The number of hydrogen-bond donors (Lipinski definition) is 0. The monoisotopic (exact) mass is 334 g/mol. The highest BCUT2D eigenvalue weighted by Crippen LogP contribution is 2.23. The van der Waals surface area contributed by atoms with E-state index in [1.165, 1.54) is 0 Å². The summed E-state index contributed by atoms with van der Waals surface area (Å²) in [6.45, 7) is -6.00. The van der Waals surface area contributed by atoms with Gasteiger partial charge in [0.05, 0.1) is 0 Å². The van der Waals surface area contributed by atoms with Crippen LogP contribution in [0.25, 0.3) is 0 Å². The van der Waals surface area contributed by atoms with Crippen LogP contribution in [0.1, 0.15) is 0 Å². The predicted molar refractivity (Wildman–Crippen MR) is 44.9 cm³/mol. The number of alkyl halides is 8. The van der Waals surface area contributed by atoms with Gasteiger partial charge in [-0.05, 0) is 0 Å². The first kappa shape index (κ1) is 19.3. The quantitative estimate of drug-likeness (QED) is 0.500. The molecule has 0 spiro atoms. The molecule has 0 aromatic heterocycles. The van der Waals surface area contributed by atoms with E-state index in [0.29, 0.717) is 0 Å². The van der Waals surface area contributed by atoms with Crippen LogP contribution in [0.4, 0.5) is 35.1 Å². The fraction of sp³-hybridized carbons (Fsp3) is 0.750. The summed E-state index contributed by atoms with van der Waals surface area (Å²) in [5.74, 6) is -9.61. The molecular weight excluding hydrogens is 328 g/mol. The molecule has 2 unspecified atom stereocenters. The topological polar surface area (TPSA) is 61.8 Å². The van der Waals surface area contributed by atoms with Crippen molar-refractivity contribution in [3.8, 4) is 0 Å². The molecule has 0 rings (SSSR count). The Labute approximate surface area is 110 Å². The van der Waals surface area contributed by atoms with Gasteiger partial charge in [-0.3, -0.25) is 0 Å². The molecule has 0 aliphatic rings. The second-order valence-electron chi connectivity index (χ2n) is 3.14. The Morgan fingerprint density at radius 3 is 1.76 bits per heavy atom. The lowest BCUT2D eigenvalue weighted by molar-refractivity contribution is -0.219. The van der Waals surface area contributed by atoms with Crippen molar-refractivity contribution in [3.05, 3.63) is 0 Å². The maximum absolute atomic E-state index is 12.7. The first-order valence-corrected chi connectivity index (χ1v) is 4.72. The maximum atomic E-state index is 12.7. The van der Waals surface area contributed by atoms with E-state index < -0.39 is 50.2 Å². The third-order valence-electron chi connectivity index (χ3n) is 1.54. The highest BCUT2D eigenvalue weighted by Gasteiger charge is 2.43. The fourth-order valence-corrected chi connectivity index (χ4v) is 0.660.